The van der Waals surface area contributed by atoms with E-state index in [0.29, 0.717) is 13.0 Å². The van der Waals surface area contributed by atoms with Crippen LogP contribution in [0.5, 0.6) is 0 Å². The van der Waals surface area contributed by atoms with Crippen molar-refractivity contribution in [2.24, 2.45) is 0 Å². The van der Waals surface area contributed by atoms with E-state index in [2.05, 4.69) is 124 Å². The van der Waals surface area contributed by atoms with Crippen molar-refractivity contribution in [3.8, 4) is 0 Å². The lowest BCUT2D eigenvalue weighted by Crippen LogP contribution is -2.67. The summed E-state index contributed by atoms with van der Waals surface area (Å²) in [7, 11) is -6.38. The molecule has 0 N–H and O–H groups in total. The molecule has 0 spiro atoms. The molecule has 38 heavy (non-hydrogen) atoms. The highest BCUT2D eigenvalue weighted by Gasteiger charge is 2.55. The molecule has 2 heterocycles. The Balaban J connectivity index is 2.58. The number of nitrogens with zero attached hydrogens (tertiary/aromatic N) is 1. The lowest BCUT2D eigenvalue weighted by Gasteiger charge is -2.53. The van der Waals surface area contributed by atoms with Gasteiger partial charge in [-0.05, 0) is 60.8 Å². The normalized spacial score (nSPS) is 28.8. The van der Waals surface area contributed by atoms with Gasteiger partial charge in [-0.2, -0.15) is 0 Å². The van der Waals surface area contributed by atoms with Crippen molar-refractivity contribution in [1.29, 1.82) is 0 Å². The SMILES string of the molecule is CC(C)(C)[Si](C)(C)OC[C@H]1O[C@H](N2CCCC2=O)[C@@H](I)[C@@H](O[Si](C)(C)C(C)(C)C)[C@@H]1O[Si](C)(C)C(C)(C)C. The third kappa shape index (κ3) is 7.74. The zero-order valence-corrected chi connectivity index (χ0v) is 32.2. The molecular formula is C28H58INO5Si3. The van der Waals surface area contributed by atoms with E-state index >= 15 is 0 Å². The second-order valence-electron chi connectivity index (χ2n) is 16.0. The third-order valence-electron chi connectivity index (χ3n) is 9.90. The number of amides is 1. The van der Waals surface area contributed by atoms with Gasteiger partial charge in [-0.3, -0.25) is 4.79 Å². The Labute approximate surface area is 251 Å². The summed E-state index contributed by atoms with van der Waals surface area (Å²) in [6, 6.07) is 0. The van der Waals surface area contributed by atoms with E-state index in [1.807, 2.05) is 4.90 Å². The highest BCUT2D eigenvalue weighted by Crippen LogP contribution is 2.45. The largest absolute Gasteiger partial charge is 0.414 e. The number of carbonyl (C=O) groups is 1. The zero-order chi connectivity index (χ0) is 29.7. The minimum Gasteiger partial charge on any atom is -0.414 e. The maximum Gasteiger partial charge on any atom is 0.224 e. The summed E-state index contributed by atoms with van der Waals surface area (Å²) in [5.74, 6) is 0.176. The Morgan fingerprint density at radius 1 is 0.816 bits per heavy atom. The zero-order valence-electron chi connectivity index (χ0n) is 27.1. The van der Waals surface area contributed by atoms with Crippen LogP contribution in [0.1, 0.15) is 75.2 Å². The van der Waals surface area contributed by atoms with Gasteiger partial charge < -0.3 is 22.9 Å². The minimum absolute atomic E-state index is 0.0392. The van der Waals surface area contributed by atoms with Crippen LogP contribution < -0.4 is 0 Å². The molecule has 0 bridgehead atoms. The van der Waals surface area contributed by atoms with Gasteiger partial charge in [0.2, 0.25) is 5.91 Å². The molecule has 2 aliphatic heterocycles. The van der Waals surface area contributed by atoms with Crippen molar-refractivity contribution < 1.29 is 22.8 Å². The Morgan fingerprint density at radius 3 is 1.66 bits per heavy atom. The van der Waals surface area contributed by atoms with Crippen molar-refractivity contribution in [2.75, 3.05) is 13.2 Å². The average molecular weight is 700 g/mol. The molecule has 0 unspecified atom stereocenters. The molecule has 0 aromatic carbocycles. The van der Waals surface area contributed by atoms with E-state index in [1.165, 1.54) is 0 Å². The Kier molecular flexibility index (Phi) is 10.8. The van der Waals surface area contributed by atoms with Crippen molar-refractivity contribution in [3.63, 3.8) is 0 Å². The molecule has 6 nitrogen and oxygen atoms in total. The minimum atomic E-state index is -2.18. The molecule has 0 aromatic heterocycles. The van der Waals surface area contributed by atoms with E-state index in [-0.39, 0.29) is 49.5 Å². The van der Waals surface area contributed by atoms with E-state index in [0.717, 1.165) is 13.0 Å². The van der Waals surface area contributed by atoms with Gasteiger partial charge in [-0.25, -0.2) is 0 Å². The predicted molar refractivity (Wildman–Crippen MR) is 175 cm³/mol. The molecule has 0 saturated carbocycles. The first kappa shape index (κ1) is 34.9. The van der Waals surface area contributed by atoms with Gasteiger partial charge in [0.15, 0.2) is 25.0 Å². The summed E-state index contributed by atoms with van der Waals surface area (Å²) in [4.78, 5) is 14.9. The summed E-state index contributed by atoms with van der Waals surface area (Å²) in [5.41, 5.74) is 0. The topological polar surface area (TPSA) is 57.2 Å². The van der Waals surface area contributed by atoms with E-state index in [4.69, 9.17) is 18.0 Å². The van der Waals surface area contributed by atoms with Crippen LogP contribution in [0, 0.1) is 0 Å². The Bertz CT molecular complexity index is 832. The fourth-order valence-electron chi connectivity index (χ4n) is 4.02. The monoisotopic (exact) mass is 699 g/mol. The average Bonchev–Trinajstić information content (AvgIpc) is 3.13. The summed E-state index contributed by atoms with van der Waals surface area (Å²) in [6.07, 6.45) is 0.373. The molecule has 5 atom stereocenters. The predicted octanol–water partition coefficient (Wildman–Crippen LogP) is 7.94. The molecule has 2 saturated heterocycles. The van der Waals surface area contributed by atoms with Gasteiger partial charge in [0.25, 0.3) is 0 Å². The smallest absolute Gasteiger partial charge is 0.224 e. The highest BCUT2D eigenvalue weighted by atomic mass is 127. The van der Waals surface area contributed by atoms with Crippen LogP contribution in [0.2, 0.25) is 54.4 Å². The molecule has 2 fully saturated rings. The fourth-order valence-corrected chi connectivity index (χ4v) is 9.06. The summed E-state index contributed by atoms with van der Waals surface area (Å²) in [6.45, 7) is 35.5. The number of carbonyl (C=O) groups excluding carboxylic acids is 1. The van der Waals surface area contributed by atoms with Gasteiger partial charge in [0.05, 0.1) is 22.7 Å². The van der Waals surface area contributed by atoms with Crippen molar-refractivity contribution in [3.05, 3.63) is 0 Å². The maximum atomic E-state index is 12.9. The highest BCUT2D eigenvalue weighted by molar-refractivity contribution is 14.1. The van der Waals surface area contributed by atoms with Crippen LogP contribution in [0.25, 0.3) is 0 Å². The number of alkyl halides is 1. The van der Waals surface area contributed by atoms with Gasteiger partial charge in [-0.1, -0.05) is 84.9 Å². The first-order valence-corrected chi connectivity index (χ1v) is 24.4. The summed E-state index contributed by atoms with van der Waals surface area (Å²) < 4.78 is 28.1. The second-order valence-corrected chi connectivity index (χ2v) is 31.7. The number of likely N-dealkylation sites (tertiary alicyclic amines) is 1. The molecule has 0 aromatic rings. The maximum absolute atomic E-state index is 12.9. The summed E-state index contributed by atoms with van der Waals surface area (Å²) >= 11 is 2.49. The molecule has 2 rings (SSSR count). The molecule has 0 aliphatic carbocycles. The molecule has 10 heteroatoms. The van der Waals surface area contributed by atoms with Crippen molar-refractivity contribution in [1.82, 2.24) is 4.90 Å². The van der Waals surface area contributed by atoms with E-state index in [1.54, 1.807) is 0 Å². The quantitative estimate of drug-likeness (QED) is 0.146. The Hall–Kier alpha value is 0.691. The first-order chi connectivity index (χ1) is 16.8. The lowest BCUT2D eigenvalue weighted by atomic mass is 10.0. The molecule has 1 amide bonds. The summed E-state index contributed by atoms with van der Waals surface area (Å²) in [5, 5.41) is 0.182. The van der Waals surface area contributed by atoms with Crippen LogP contribution in [0.4, 0.5) is 0 Å². The number of ether oxygens (including phenoxy) is 1. The van der Waals surface area contributed by atoms with Crippen LogP contribution in [0.3, 0.4) is 0 Å². The van der Waals surface area contributed by atoms with Gasteiger partial charge in [0, 0.05) is 13.0 Å². The van der Waals surface area contributed by atoms with E-state index < -0.39 is 25.0 Å². The third-order valence-corrected chi connectivity index (χ3v) is 24.7. The van der Waals surface area contributed by atoms with Gasteiger partial charge in [-0.15, -0.1) is 0 Å². The van der Waals surface area contributed by atoms with Crippen LogP contribution >= 0.6 is 22.6 Å². The van der Waals surface area contributed by atoms with Gasteiger partial charge >= 0.3 is 0 Å². The Morgan fingerprint density at radius 2 is 1.26 bits per heavy atom. The van der Waals surface area contributed by atoms with Crippen molar-refractivity contribution in [2.45, 2.75) is 158 Å². The molecular weight excluding hydrogens is 641 g/mol. The number of halogens is 1. The first-order valence-electron chi connectivity index (χ1n) is 14.4. The molecule has 224 valence electrons. The number of rotatable bonds is 8. The van der Waals surface area contributed by atoms with Gasteiger partial charge in [0.1, 0.15) is 12.3 Å². The number of hydrogen-bond acceptors (Lipinski definition) is 5. The van der Waals surface area contributed by atoms with Crippen LogP contribution in [0.15, 0.2) is 0 Å². The second kappa shape index (κ2) is 11.8. The van der Waals surface area contributed by atoms with Crippen LogP contribution in [-0.2, 0) is 22.8 Å². The molecule has 2 aliphatic rings. The van der Waals surface area contributed by atoms with Crippen molar-refractivity contribution >= 4 is 53.5 Å². The van der Waals surface area contributed by atoms with Crippen LogP contribution in [-0.4, -0.2) is 77.4 Å². The fraction of sp³-hybridized carbons (Fsp3) is 0.964. The standard InChI is InChI=1S/C28H58INO5Si3/c1-26(2,3)36(10,11)32-19-20-23(34-37(12,13)27(4,5)6)24(35-38(14,15)28(7,8)9)22(29)25(33-20)30-18-16-17-21(30)31/h20,22-25H,16-19H2,1-15H3/t20-,22+,23-,24-,25+/m1/s1. The number of hydrogen-bond donors (Lipinski definition) is 0. The van der Waals surface area contributed by atoms with E-state index in [9.17, 15) is 4.79 Å². The lowest BCUT2D eigenvalue weighted by molar-refractivity contribution is -0.201. The molecule has 0 radical (unpaired) electrons.